The van der Waals surface area contributed by atoms with Crippen molar-refractivity contribution in [2.45, 2.75) is 62.2 Å². The van der Waals surface area contributed by atoms with E-state index in [2.05, 4.69) is 46.5 Å². The Labute approximate surface area is 234 Å². The fourth-order valence-corrected chi connectivity index (χ4v) is 7.43. The van der Waals surface area contributed by atoms with Crippen LogP contribution in [-0.4, -0.2) is 31.9 Å². The molecule has 5 nitrogen and oxygen atoms in total. The van der Waals surface area contributed by atoms with Crippen LogP contribution in [0, 0.1) is 6.26 Å². The summed E-state index contributed by atoms with van der Waals surface area (Å²) >= 11 is 5.59. The number of aromatic amines is 1. The number of aromatic nitrogens is 2. The molecule has 0 aliphatic rings. The average molecular weight is 571 g/mol. The molecule has 0 bridgehead atoms. The van der Waals surface area contributed by atoms with Gasteiger partial charge in [0.15, 0.2) is 0 Å². The van der Waals surface area contributed by atoms with Crippen LogP contribution in [0.2, 0.25) is 0 Å². The van der Waals surface area contributed by atoms with Crippen LogP contribution in [-0.2, 0) is 15.6 Å². The van der Waals surface area contributed by atoms with Gasteiger partial charge in [0.2, 0.25) is 0 Å². The number of carboxylic acids is 1. The topological polar surface area (TPSA) is 86.2 Å². The minimum atomic E-state index is -0.860. The van der Waals surface area contributed by atoms with Gasteiger partial charge in [0.1, 0.15) is 17.3 Å². The number of H-pyrrole nitrogens is 1. The summed E-state index contributed by atoms with van der Waals surface area (Å²) in [5, 5.41) is 24.4. The number of hydrogen-bond acceptors (Lipinski definition) is 7. The summed E-state index contributed by atoms with van der Waals surface area (Å²) in [6.45, 7) is 12.5. The summed E-state index contributed by atoms with van der Waals surface area (Å²) < 4.78 is 0. The molecule has 194 valence electrons. The fourth-order valence-electron chi connectivity index (χ4n) is 4.05. The SMILES string of the molecule is [CH]Sc1ccsc1-c1nc(-c2cc(C(C)(C)C)c(O)c(C(C)(C)C)c2)[nH]c1-c1sccc1SCC(=O)O. The lowest BCUT2D eigenvalue weighted by molar-refractivity contribution is -0.133. The van der Waals surface area contributed by atoms with Crippen molar-refractivity contribution in [3.63, 3.8) is 0 Å². The number of carboxylic acid groups (broad SMARTS) is 1. The number of rotatable bonds is 7. The molecule has 0 aliphatic carbocycles. The molecule has 4 rings (SSSR count). The molecule has 0 spiro atoms. The Morgan fingerprint density at radius 3 is 2.11 bits per heavy atom. The number of benzene rings is 1. The maximum Gasteiger partial charge on any atom is 0.313 e. The molecule has 2 radical (unpaired) electrons. The molecule has 9 heteroatoms. The van der Waals surface area contributed by atoms with Gasteiger partial charge in [-0.3, -0.25) is 4.79 Å². The van der Waals surface area contributed by atoms with Crippen molar-refractivity contribution in [2.24, 2.45) is 0 Å². The molecule has 1 aromatic carbocycles. The van der Waals surface area contributed by atoms with Crippen molar-refractivity contribution in [2.75, 3.05) is 5.75 Å². The quantitative estimate of drug-likeness (QED) is 0.193. The maximum absolute atomic E-state index is 11.2. The number of carbonyl (C=O) groups is 1. The molecule has 3 N–H and O–H groups in total. The van der Waals surface area contributed by atoms with E-state index in [-0.39, 0.29) is 16.6 Å². The predicted octanol–water partition coefficient (Wildman–Crippen LogP) is 8.77. The number of imidazole rings is 1. The number of phenolic OH excluding ortho intramolecular Hbond substituents is 1. The smallest absolute Gasteiger partial charge is 0.313 e. The third kappa shape index (κ3) is 5.79. The lowest BCUT2D eigenvalue weighted by Crippen LogP contribution is -2.17. The van der Waals surface area contributed by atoms with Crippen LogP contribution in [0.25, 0.3) is 32.5 Å². The molecule has 37 heavy (non-hydrogen) atoms. The van der Waals surface area contributed by atoms with E-state index in [0.717, 1.165) is 47.6 Å². The number of thiophene rings is 2. The van der Waals surface area contributed by atoms with Gasteiger partial charge in [-0.2, -0.15) is 0 Å². The van der Waals surface area contributed by atoms with E-state index >= 15 is 0 Å². The molecule has 0 unspecified atom stereocenters. The molecule has 4 aromatic rings. The molecular formula is C28H30N2O3S4. The molecule has 3 heterocycles. The summed E-state index contributed by atoms with van der Waals surface area (Å²) in [6.07, 6.45) is 5.97. The van der Waals surface area contributed by atoms with Crippen LogP contribution < -0.4 is 0 Å². The lowest BCUT2D eigenvalue weighted by Gasteiger charge is -2.28. The minimum absolute atomic E-state index is 0.0230. The Bertz CT molecular complexity index is 1400. The van der Waals surface area contributed by atoms with E-state index in [1.807, 2.05) is 35.0 Å². The summed E-state index contributed by atoms with van der Waals surface area (Å²) in [5.41, 5.74) is 3.66. The first-order valence-corrected chi connectivity index (χ1v) is 15.3. The first kappa shape index (κ1) is 27.8. The van der Waals surface area contributed by atoms with Crippen LogP contribution in [0.1, 0.15) is 52.7 Å². The maximum atomic E-state index is 11.2. The van der Waals surface area contributed by atoms with Gasteiger partial charge in [-0.05, 0) is 45.9 Å². The highest BCUT2D eigenvalue weighted by Crippen LogP contribution is 2.46. The molecule has 0 amide bonds. The van der Waals surface area contributed by atoms with Gasteiger partial charge in [-0.15, -0.1) is 46.2 Å². The predicted molar refractivity (Wildman–Crippen MR) is 158 cm³/mol. The fraction of sp³-hybridized carbons (Fsp3) is 0.321. The van der Waals surface area contributed by atoms with Crippen molar-refractivity contribution >= 4 is 52.2 Å². The number of aromatic hydroxyl groups is 1. The van der Waals surface area contributed by atoms with Crippen molar-refractivity contribution in [1.82, 2.24) is 9.97 Å². The number of hydrogen-bond donors (Lipinski definition) is 3. The second kappa shape index (κ2) is 10.5. The zero-order valence-electron chi connectivity index (χ0n) is 21.6. The van der Waals surface area contributed by atoms with Gasteiger partial charge < -0.3 is 15.2 Å². The van der Waals surface area contributed by atoms with Crippen LogP contribution in [0.5, 0.6) is 5.75 Å². The summed E-state index contributed by atoms with van der Waals surface area (Å²) in [7, 11) is 0. The van der Waals surface area contributed by atoms with E-state index in [4.69, 9.17) is 11.2 Å². The lowest BCUT2D eigenvalue weighted by atomic mass is 9.78. The Kier molecular flexibility index (Phi) is 7.91. The third-order valence-electron chi connectivity index (χ3n) is 5.88. The highest BCUT2D eigenvalue weighted by molar-refractivity contribution is 8.00. The first-order chi connectivity index (χ1) is 17.3. The molecule has 0 saturated carbocycles. The largest absolute Gasteiger partial charge is 0.507 e. The molecule has 0 atom stereocenters. The number of nitrogens with one attached hydrogen (secondary N) is 1. The van der Waals surface area contributed by atoms with Crippen LogP contribution >= 0.6 is 46.2 Å². The summed E-state index contributed by atoms with van der Waals surface area (Å²) in [4.78, 5) is 23.6. The van der Waals surface area contributed by atoms with Crippen molar-refractivity contribution in [3.8, 4) is 38.3 Å². The van der Waals surface area contributed by atoms with Crippen molar-refractivity contribution in [1.29, 1.82) is 0 Å². The van der Waals surface area contributed by atoms with E-state index in [9.17, 15) is 15.0 Å². The Morgan fingerprint density at radius 2 is 1.57 bits per heavy atom. The molecule has 0 fully saturated rings. The van der Waals surface area contributed by atoms with Gasteiger partial charge >= 0.3 is 5.97 Å². The van der Waals surface area contributed by atoms with E-state index < -0.39 is 5.97 Å². The van der Waals surface area contributed by atoms with E-state index in [1.165, 1.54) is 23.5 Å². The average Bonchev–Trinajstić information content (AvgIpc) is 3.54. The standard InChI is InChI=1S/C28H30N2O3S4/c1-27(2,3)16-12-15(13-17(23(16)33)28(4,5)6)26-29-21(24-18(34-7)8-10-35-24)22(30-26)25-19(9-11-36-25)37-14-20(31)32/h7-13,33H,14H2,1-6H3,(H,29,30)(H,31,32). The van der Waals surface area contributed by atoms with Gasteiger partial charge in [0.05, 0.1) is 21.2 Å². The van der Waals surface area contributed by atoms with Crippen LogP contribution in [0.3, 0.4) is 0 Å². The van der Waals surface area contributed by atoms with E-state index in [0.29, 0.717) is 11.6 Å². The molecule has 0 saturated heterocycles. The van der Waals surface area contributed by atoms with Crippen molar-refractivity contribution < 1.29 is 15.0 Å². The van der Waals surface area contributed by atoms with Gasteiger partial charge in [-0.1, -0.05) is 41.5 Å². The Balaban J connectivity index is 1.97. The van der Waals surface area contributed by atoms with Gasteiger partial charge in [0, 0.05) is 32.7 Å². The second-order valence-electron chi connectivity index (χ2n) is 10.8. The first-order valence-electron chi connectivity index (χ1n) is 11.7. The second-order valence-corrected chi connectivity index (χ2v) is 14.3. The number of nitrogens with zero attached hydrogens (tertiary/aromatic N) is 1. The number of aliphatic carboxylic acids is 1. The monoisotopic (exact) mass is 570 g/mol. The molecular weight excluding hydrogens is 541 g/mol. The minimum Gasteiger partial charge on any atom is -0.507 e. The highest BCUT2D eigenvalue weighted by Gasteiger charge is 2.28. The molecule has 3 aromatic heterocycles. The third-order valence-corrected chi connectivity index (χ3v) is 9.63. The highest BCUT2D eigenvalue weighted by atomic mass is 32.2. The molecule has 0 aliphatic heterocycles. The van der Waals surface area contributed by atoms with Crippen LogP contribution in [0.15, 0.2) is 44.8 Å². The van der Waals surface area contributed by atoms with Gasteiger partial charge in [-0.25, -0.2) is 4.98 Å². The number of phenols is 1. The summed E-state index contributed by atoms with van der Waals surface area (Å²) in [6, 6.07) is 7.95. The Morgan fingerprint density at radius 1 is 1.00 bits per heavy atom. The van der Waals surface area contributed by atoms with Crippen molar-refractivity contribution in [3.05, 3.63) is 52.4 Å². The summed E-state index contributed by atoms with van der Waals surface area (Å²) in [5.74, 6) is 0.123. The zero-order chi connectivity index (χ0) is 27.1. The van der Waals surface area contributed by atoms with Crippen LogP contribution in [0.4, 0.5) is 0 Å². The normalized spacial score (nSPS) is 12.3. The Hall–Kier alpha value is -2.20. The van der Waals surface area contributed by atoms with E-state index in [1.54, 1.807) is 22.7 Å². The zero-order valence-corrected chi connectivity index (χ0v) is 24.9. The number of thioether (sulfide) groups is 2. The van der Waals surface area contributed by atoms with Gasteiger partial charge in [0.25, 0.3) is 0 Å².